The highest BCUT2D eigenvalue weighted by Gasteiger charge is 2.21. The first-order valence-corrected chi connectivity index (χ1v) is 18.9. The van der Waals surface area contributed by atoms with Crippen molar-refractivity contribution in [1.29, 1.82) is 0 Å². The van der Waals surface area contributed by atoms with Crippen LogP contribution in [0.1, 0.15) is 120 Å². The van der Waals surface area contributed by atoms with Gasteiger partial charge in [0.1, 0.15) is 5.82 Å². The van der Waals surface area contributed by atoms with Crippen molar-refractivity contribution in [2.75, 3.05) is 44.2 Å². The van der Waals surface area contributed by atoms with Crippen LogP contribution in [0.4, 0.5) is 5.82 Å². The molecule has 1 aromatic heterocycles. The molecule has 1 aromatic carbocycles. The Kier molecular flexibility index (Phi) is 16.9. The fourth-order valence-electron chi connectivity index (χ4n) is 5.77. The molecule has 1 aliphatic rings. The van der Waals surface area contributed by atoms with E-state index in [1.165, 1.54) is 57.8 Å². The summed E-state index contributed by atoms with van der Waals surface area (Å²) in [6.45, 7) is 11.5. The number of nitrogens with one attached hydrogen (secondary N) is 1. The van der Waals surface area contributed by atoms with Crippen molar-refractivity contribution in [3.63, 3.8) is 0 Å². The number of benzene rings is 1. The number of rotatable bonds is 22. The minimum absolute atomic E-state index is 0.0324. The first-order valence-electron chi connectivity index (χ1n) is 17.5. The maximum Gasteiger partial charge on any atom is 0.296 e. The number of piperazine rings is 1. The van der Waals surface area contributed by atoms with E-state index < -0.39 is 10.1 Å². The summed E-state index contributed by atoms with van der Waals surface area (Å²) in [6.07, 6.45) is 18.0. The van der Waals surface area contributed by atoms with E-state index in [0.29, 0.717) is 18.2 Å². The number of aryl methyl sites for hydroxylation is 1. The van der Waals surface area contributed by atoms with E-state index in [4.69, 9.17) is 4.18 Å². The molecule has 0 spiro atoms. The number of aromatic nitrogens is 1. The topological polar surface area (TPSA) is 91.8 Å². The summed E-state index contributed by atoms with van der Waals surface area (Å²) in [5, 5.41) is 3.05. The molecule has 9 heteroatoms. The van der Waals surface area contributed by atoms with E-state index in [2.05, 4.69) is 33.9 Å². The summed E-state index contributed by atoms with van der Waals surface area (Å²) in [6, 6.07) is 11.3. The van der Waals surface area contributed by atoms with Crippen molar-refractivity contribution < 1.29 is 17.4 Å². The number of amides is 1. The lowest BCUT2D eigenvalue weighted by atomic mass is 10.0. The molecule has 1 N–H and O–H groups in total. The largest absolute Gasteiger partial charge is 0.354 e. The smallest absolute Gasteiger partial charge is 0.296 e. The molecule has 8 nitrogen and oxygen atoms in total. The highest BCUT2D eigenvalue weighted by atomic mass is 32.2. The van der Waals surface area contributed by atoms with Crippen LogP contribution in [-0.2, 0) is 14.3 Å². The van der Waals surface area contributed by atoms with Crippen LogP contribution in [0, 0.1) is 6.92 Å². The Hall–Kier alpha value is -2.49. The first-order chi connectivity index (χ1) is 21.8. The van der Waals surface area contributed by atoms with E-state index >= 15 is 0 Å². The third-order valence-corrected chi connectivity index (χ3v) is 10.3. The number of unbranched alkanes of at least 4 members (excludes halogenated alkanes) is 12. The zero-order valence-electron chi connectivity index (χ0n) is 28.1. The van der Waals surface area contributed by atoms with E-state index in [-0.39, 0.29) is 17.4 Å². The van der Waals surface area contributed by atoms with Gasteiger partial charge in [0.2, 0.25) is 0 Å². The van der Waals surface area contributed by atoms with Gasteiger partial charge in [0, 0.05) is 45.0 Å². The number of anilines is 1. The number of carbonyl (C=O) groups is 1. The molecule has 252 valence electrons. The average molecular weight is 643 g/mol. The molecule has 0 saturated carbocycles. The lowest BCUT2D eigenvalue weighted by Gasteiger charge is -2.38. The molecule has 0 aliphatic carbocycles. The SMILES string of the molecule is CCC(C)N1CCN(c2ccc(C(=O)NCCCCCCCCCCCCCCCOS(=O)(=O)c3ccc(C)cc3)cn2)CC1. The van der Waals surface area contributed by atoms with Gasteiger partial charge < -0.3 is 10.2 Å². The van der Waals surface area contributed by atoms with Crippen LogP contribution in [0.2, 0.25) is 0 Å². The molecule has 0 radical (unpaired) electrons. The molecule has 1 unspecified atom stereocenters. The highest BCUT2D eigenvalue weighted by Crippen LogP contribution is 2.17. The molecule has 2 heterocycles. The third-order valence-electron chi connectivity index (χ3n) is 9.02. The van der Waals surface area contributed by atoms with E-state index in [1.807, 2.05) is 19.1 Å². The summed E-state index contributed by atoms with van der Waals surface area (Å²) in [5.74, 6) is 0.929. The van der Waals surface area contributed by atoms with E-state index in [0.717, 1.165) is 69.7 Å². The van der Waals surface area contributed by atoms with Gasteiger partial charge >= 0.3 is 0 Å². The lowest BCUT2D eigenvalue weighted by molar-refractivity contribution is 0.0952. The predicted octanol–water partition coefficient (Wildman–Crippen LogP) is 7.52. The van der Waals surface area contributed by atoms with Crippen molar-refractivity contribution >= 4 is 21.8 Å². The zero-order chi connectivity index (χ0) is 32.3. The molecule has 3 rings (SSSR count). The van der Waals surface area contributed by atoms with Crippen molar-refractivity contribution in [3.8, 4) is 0 Å². The van der Waals surface area contributed by atoms with E-state index in [9.17, 15) is 13.2 Å². The maximum atomic E-state index is 12.5. The second kappa shape index (κ2) is 20.6. The predicted molar refractivity (Wildman–Crippen MR) is 184 cm³/mol. The van der Waals surface area contributed by atoms with Gasteiger partial charge in [0.25, 0.3) is 16.0 Å². The fourth-order valence-corrected chi connectivity index (χ4v) is 6.72. The van der Waals surface area contributed by atoms with Gasteiger partial charge in [-0.2, -0.15) is 8.42 Å². The molecule has 2 aromatic rings. The quantitative estimate of drug-likeness (QED) is 0.105. The van der Waals surface area contributed by atoms with Crippen LogP contribution in [-0.4, -0.2) is 69.6 Å². The fraction of sp³-hybridized carbons (Fsp3) is 0.667. The molecule has 1 amide bonds. The van der Waals surface area contributed by atoms with Crippen LogP contribution in [0.3, 0.4) is 0 Å². The first kappa shape index (κ1) is 37.0. The summed E-state index contributed by atoms with van der Waals surface area (Å²) in [7, 11) is -3.64. The van der Waals surface area contributed by atoms with Crippen molar-refractivity contribution in [2.45, 2.75) is 122 Å². The van der Waals surface area contributed by atoms with Gasteiger partial charge in [-0.25, -0.2) is 4.98 Å². The molecule has 1 saturated heterocycles. The summed E-state index contributed by atoms with van der Waals surface area (Å²) >= 11 is 0. The van der Waals surface area contributed by atoms with Crippen LogP contribution < -0.4 is 10.2 Å². The number of carbonyl (C=O) groups excluding carboxylic acids is 1. The molecule has 1 fully saturated rings. The Morgan fingerprint density at radius 2 is 1.38 bits per heavy atom. The molecule has 1 aliphatic heterocycles. The zero-order valence-corrected chi connectivity index (χ0v) is 29.0. The minimum Gasteiger partial charge on any atom is -0.354 e. The van der Waals surface area contributed by atoms with Crippen LogP contribution in [0.25, 0.3) is 0 Å². The standard InChI is InChI=1S/C36H58N4O4S/c1-4-32(3)39-25-27-40(28-26-39)35-23-20-33(30-38-35)36(41)37-24-16-14-12-10-8-6-5-7-9-11-13-15-17-29-44-45(42,43)34-21-18-31(2)19-22-34/h18-23,30,32H,4-17,24-29H2,1-3H3,(H,37,41). The number of hydrogen-bond acceptors (Lipinski definition) is 7. The van der Waals surface area contributed by atoms with Crippen LogP contribution in [0.15, 0.2) is 47.5 Å². The Labute approximate surface area is 273 Å². The van der Waals surface area contributed by atoms with E-state index in [1.54, 1.807) is 30.5 Å². The Bertz CT molecular complexity index is 1200. The highest BCUT2D eigenvalue weighted by molar-refractivity contribution is 7.86. The summed E-state index contributed by atoms with van der Waals surface area (Å²) < 4.78 is 29.6. The van der Waals surface area contributed by atoms with Gasteiger partial charge in [0.05, 0.1) is 17.1 Å². The summed E-state index contributed by atoms with van der Waals surface area (Å²) in [4.78, 5) is 22.2. The van der Waals surface area contributed by atoms with Crippen molar-refractivity contribution in [1.82, 2.24) is 15.2 Å². The third kappa shape index (κ3) is 13.8. The molecular formula is C36H58N4O4S. The van der Waals surface area contributed by atoms with Gasteiger partial charge in [0.15, 0.2) is 0 Å². The molecule has 0 bridgehead atoms. The Morgan fingerprint density at radius 1 is 0.822 bits per heavy atom. The molecule has 1 atom stereocenters. The number of nitrogens with zero attached hydrogens (tertiary/aromatic N) is 3. The molecular weight excluding hydrogens is 584 g/mol. The van der Waals surface area contributed by atoms with Gasteiger partial charge in [-0.05, 0) is 57.4 Å². The van der Waals surface area contributed by atoms with Crippen LogP contribution in [0.5, 0.6) is 0 Å². The van der Waals surface area contributed by atoms with Crippen LogP contribution >= 0.6 is 0 Å². The normalized spacial score (nSPS) is 14.9. The Morgan fingerprint density at radius 3 is 1.91 bits per heavy atom. The average Bonchev–Trinajstić information content (AvgIpc) is 3.06. The summed E-state index contributed by atoms with van der Waals surface area (Å²) in [5.41, 5.74) is 1.66. The second-order valence-electron chi connectivity index (χ2n) is 12.6. The monoisotopic (exact) mass is 642 g/mol. The molecule has 45 heavy (non-hydrogen) atoms. The van der Waals surface area contributed by atoms with Crippen molar-refractivity contribution in [2.24, 2.45) is 0 Å². The lowest BCUT2D eigenvalue weighted by Crippen LogP contribution is -2.49. The van der Waals surface area contributed by atoms with Gasteiger partial charge in [-0.3, -0.25) is 13.9 Å². The second-order valence-corrected chi connectivity index (χ2v) is 14.2. The minimum atomic E-state index is -3.64. The van der Waals surface area contributed by atoms with Crippen molar-refractivity contribution in [3.05, 3.63) is 53.7 Å². The van der Waals surface area contributed by atoms with Gasteiger partial charge in [-0.1, -0.05) is 95.2 Å². The van der Waals surface area contributed by atoms with Gasteiger partial charge in [-0.15, -0.1) is 0 Å². The number of pyridine rings is 1. The Balaban J connectivity index is 1.09. The maximum absolute atomic E-state index is 12.5. The number of hydrogen-bond donors (Lipinski definition) is 1.